The van der Waals surface area contributed by atoms with E-state index in [1.165, 1.54) is 17.2 Å². The van der Waals surface area contributed by atoms with Crippen LogP contribution in [0.1, 0.15) is 29.3 Å². The molecule has 0 fully saturated rings. The summed E-state index contributed by atoms with van der Waals surface area (Å²) in [4.78, 5) is 16.0. The topological polar surface area (TPSA) is 39.2 Å². The van der Waals surface area contributed by atoms with E-state index in [0.29, 0.717) is 6.61 Å². The number of ether oxygens (including phenoxy) is 1. The molecule has 3 heteroatoms. The second kappa shape index (κ2) is 5.87. The van der Waals surface area contributed by atoms with Gasteiger partial charge in [0.05, 0.1) is 12.1 Å². The van der Waals surface area contributed by atoms with Crippen LogP contribution in [0.15, 0.2) is 24.3 Å². The van der Waals surface area contributed by atoms with Crippen LogP contribution in [0.2, 0.25) is 0 Å². The number of carbonyl (C=O) groups excluding carboxylic acids is 1. The van der Waals surface area contributed by atoms with E-state index in [0.717, 1.165) is 22.2 Å². The van der Waals surface area contributed by atoms with Gasteiger partial charge in [-0.2, -0.15) is 0 Å². The first-order valence-electron chi connectivity index (χ1n) is 6.75. The van der Waals surface area contributed by atoms with E-state index in [1.807, 2.05) is 13.0 Å². The van der Waals surface area contributed by atoms with Gasteiger partial charge in [0, 0.05) is 17.2 Å². The molecular weight excluding hydrogens is 250 g/mol. The van der Waals surface area contributed by atoms with Crippen molar-refractivity contribution in [3.05, 3.63) is 46.7 Å². The van der Waals surface area contributed by atoms with Crippen molar-refractivity contribution in [2.45, 2.75) is 27.7 Å². The van der Waals surface area contributed by atoms with Crippen molar-refractivity contribution in [2.75, 3.05) is 6.61 Å². The van der Waals surface area contributed by atoms with Gasteiger partial charge in [0.2, 0.25) is 0 Å². The van der Waals surface area contributed by atoms with Gasteiger partial charge in [-0.05, 0) is 56.5 Å². The first-order valence-corrected chi connectivity index (χ1v) is 6.75. The van der Waals surface area contributed by atoms with Crippen LogP contribution in [0, 0.1) is 20.8 Å². The van der Waals surface area contributed by atoms with Crippen molar-refractivity contribution in [2.24, 2.45) is 0 Å². The normalized spacial score (nSPS) is 11.2. The number of aryl methyl sites for hydroxylation is 3. The van der Waals surface area contributed by atoms with Crippen LogP contribution in [0.5, 0.6) is 0 Å². The average Bonchev–Trinajstić information content (AvgIpc) is 2.41. The van der Waals surface area contributed by atoms with Crippen molar-refractivity contribution in [3.8, 4) is 0 Å². The van der Waals surface area contributed by atoms with E-state index in [-0.39, 0.29) is 5.97 Å². The van der Waals surface area contributed by atoms with E-state index in [1.54, 1.807) is 13.0 Å². The third kappa shape index (κ3) is 2.87. The van der Waals surface area contributed by atoms with E-state index in [2.05, 4.69) is 31.0 Å². The minimum atomic E-state index is -0.320. The maximum absolute atomic E-state index is 11.4. The largest absolute Gasteiger partial charge is 0.463 e. The quantitative estimate of drug-likeness (QED) is 0.629. The zero-order chi connectivity index (χ0) is 14.7. The summed E-state index contributed by atoms with van der Waals surface area (Å²) in [6, 6.07) is 6.11. The zero-order valence-electron chi connectivity index (χ0n) is 12.4. The number of nitrogens with zero attached hydrogens (tertiary/aromatic N) is 1. The Balaban J connectivity index is 2.53. The summed E-state index contributed by atoms with van der Waals surface area (Å²) in [5, 5.41) is 1.05. The molecule has 0 aliphatic heterocycles. The van der Waals surface area contributed by atoms with Gasteiger partial charge >= 0.3 is 5.97 Å². The maximum atomic E-state index is 11.4. The summed E-state index contributed by atoms with van der Waals surface area (Å²) in [6.07, 6.45) is 3.26. The number of aromatic nitrogens is 1. The second-order valence-corrected chi connectivity index (χ2v) is 4.84. The third-order valence-electron chi connectivity index (χ3n) is 3.35. The molecule has 0 saturated heterocycles. The molecule has 0 unspecified atom stereocenters. The Labute approximate surface area is 119 Å². The van der Waals surface area contributed by atoms with Crippen LogP contribution in [0.25, 0.3) is 17.0 Å². The lowest BCUT2D eigenvalue weighted by atomic mass is 10.0. The van der Waals surface area contributed by atoms with E-state index in [4.69, 9.17) is 4.74 Å². The molecule has 0 aliphatic carbocycles. The number of hydrogen-bond acceptors (Lipinski definition) is 3. The van der Waals surface area contributed by atoms with Crippen molar-refractivity contribution >= 4 is 22.9 Å². The van der Waals surface area contributed by atoms with Gasteiger partial charge < -0.3 is 4.74 Å². The van der Waals surface area contributed by atoms with Crippen molar-refractivity contribution in [3.63, 3.8) is 0 Å². The molecule has 1 aromatic heterocycles. The Morgan fingerprint density at radius 3 is 2.75 bits per heavy atom. The van der Waals surface area contributed by atoms with Crippen molar-refractivity contribution in [1.82, 2.24) is 4.98 Å². The molecule has 0 N–H and O–H groups in total. The predicted molar refractivity (Wildman–Crippen MR) is 81.6 cm³/mol. The molecule has 3 nitrogen and oxygen atoms in total. The predicted octanol–water partition coefficient (Wildman–Crippen LogP) is 3.74. The molecule has 0 aliphatic rings. The Kier molecular flexibility index (Phi) is 4.18. The summed E-state index contributed by atoms with van der Waals surface area (Å²) in [6.45, 7) is 8.29. The standard InChI is InChI=1S/C17H19NO2/c1-5-20-16(19)9-7-14-10-12(3)18-17-13(4)11(2)6-8-15(14)17/h6-10H,5H2,1-4H3/b9-7+. The lowest BCUT2D eigenvalue weighted by Crippen LogP contribution is -1.99. The second-order valence-electron chi connectivity index (χ2n) is 4.84. The number of benzene rings is 1. The molecular formula is C17H19NO2. The maximum Gasteiger partial charge on any atom is 0.330 e. The summed E-state index contributed by atoms with van der Waals surface area (Å²) >= 11 is 0. The molecule has 0 saturated carbocycles. The van der Waals surface area contributed by atoms with E-state index in [9.17, 15) is 4.79 Å². The van der Waals surface area contributed by atoms with Gasteiger partial charge in [-0.15, -0.1) is 0 Å². The van der Waals surface area contributed by atoms with Crippen LogP contribution in [-0.4, -0.2) is 17.6 Å². The number of esters is 1. The molecule has 20 heavy (non-hydrogen) atoms. The monoisotopic (exact) mass is 269 g/mol. The third-order valence-corrected chi connectivity index (χ3v) is 3.35. The van der Waals surface area contributed by atoms with Crippen LogP contribution in [-0.2, 0) is 9.53 Å². The van der Waals surface area contributed by atoms with Crippen LogP contribution < -0.4 is 0 Å². The molecule has 0 radical (unpaired) electrons. The molecule has 1 aromatic carbocycles. The first-order chi connectivity index (χ1) is 9.52. The van der Waals surface area contributed by atoms with Crippen LogP contribution in [0.4, 0.5) is 0 Å². The lowest BCUT2D eigenvalue weighted by molar-refractivity contribution is -0.137. The van der Waals surface area contributed by atoms with Gasteiger partial charge in [-0.1, -0.05) is 12.1 Å². The molecule has 104 valence electrons. The van der Waals surface area contributed by atoms with Crippen LogP contribution in [0.3, 0.4) is 0 Å². The fourth-order valence-corrected chi connectivity index (χ4v) is 2.18. The van der Waals surface area contributed by atoms with Gasteiger partial charge in [0.1, 0.15) is 0 Å². The number of hydrogen-bond donors (Lipinski definition) is 0. The summed E-state index contributed by atoms with van der Waals surface area (Å²) in [5.41, 5.74) is 5.32. The minimum Gasteiger partial charge on any atom is -0.463 e. The summed E-state index contributed by atoms with van der Waals surface area (Å²) in [5.74, 6) is -0.320. The minimum absolute atomic E-state index is 0.320. The Morgan fingerprint density at radius 2 is 2.05 bits per heavy atom. The first kappa shape index (κ1) is 14.3. The van der Waals surface area contributed by atoms with Crippen molar-refractivity contribution in [1.29, 1.82) is 0 Å². The summed E-state index contributed by atoms with van der Waals surface area (Å²) < 4.78 is 4.91. The molecule has 2 aromatic rings. The Bertz CT molecular complexity index is 687. The Morgan fingerprint density at radius 1 is 1.30 bits per heavy atom. The Hall–Kier alpha value is -2.16. The fraction of sp³-hybridized carbons (Fsp3) is 0.294. The highest BCUT2D eigenvalue weighted by Gasteiger charge is 2.06. The SMILES string of the molecule is CCOC(=O)/C=C/c1cc(C)nc2c(C)c(C)ccc12. The number of pyridine rings is 1. The highest BCUT2D eigenvalue weighted by molar-refractivity contribution is 5.94. The smallest absolute Gasteiger partial charge is 0.330 e. The molecule has 0 spiro atoms. The lowest BCUT2D eigenvalue weighted by Gasteiger charge is -2.09. The molecule has 1 heterocycles. The van der Waals surface area contributed by atoms with Gasteiger partial charge in [-0.3, -0.25) is 4.98 Å². The highest BCUT2D eigenvalue weighted by atomic mass is 16.5. The highest BCUT2D eigenvalue weighted by Crippen LogP contribution is 2.24. The summed E-state index contributed by atoms with van der Waals surface area (Å²) in [7, 11) is 0. The van der Waals surface area contributed by atoms with Gasteiger partial charge in [0.15, 0.2) is 0 Å². The van der Waals surface area contributed by atoms with Gasteiger partial charge in [-0.25, -0.2) is 4.79 Å². The van der Waals surface area contributed by atoms with Gasteiger partial charge in [0.25, 0.3) is 0 Å². The average molecular weight is 269 g/mol. The zero-order valence-corrected chi connectivity index (χ0v) is 12.4. The molecule has 2 rings (SSSR count). The number of carbonyl (C=O) groups is 1. The van der Waals surface area contributed by atoms with Crippen LogP contribution >= 0.6 is 0 Å². The van der Waals surface area contributed by atoms with E-state index < -0.39 is 0 Å². The molecule has 0 amide bonds. The number of rotatable bonds is 3. The molecule has 0 bridgehead atoms. The fourth-order valence-electron chi connectivity index (χ4n) is 2.18. The van der Waals surface area contributed by atoms with Crippen molar-refractivity contribution < 1.29 is 9.53 Å². The van der Waals surface area contributed by atoms with E-state index >= 15 is 0 Å². The number of fused-ring (bicyclic) bond motifs is 1. The molecule has 0 atom stereocenters.